The Kier molecular flexibility index (Phi) is 6.21. The van der Waals surface area contributed by atoms with Crippen LogP contribution >= 0.6 is 12.4 Å². The second-order valence-corrected chi connectivity index (χ2v) is 4.36. The number of hydrogen-bond acceptors (Lipinski definition) is 3. The molecule has 9 heteroatoms. The Bertz CT molecular complexity index is 623. The predicted octanol–water partition coefficient (Wildman–Crippen LogP) is 0.229. The van der Waals surface area contributed by atoms with Gasteiger partial charge < -0.3 is 26.3 Å². The van der Waals surface area contributed by atoms with Gasteiger partial charge in [0.1, 0.15) is 23.3 Å². The molecule has 0 aliphatic carbocycles. The number of amidine groups is 1. The summed E-state index contributed by atoms with van der Waals surface area (Å²) >= 11 is 0. The minimum Gasteiger partial charge on any atom is -0.386 e. The maximum absolute atomic E-state index is 11.9. The zero-order valence-corrected chi connectivity index (χ0v) is 12.4. The summed E-state index contributed by atoms with van der Waals surface area (Å²) in [6.07, 6.45) is 3.25. The van der Waals surface area contributed by atoms with Crippen molar-refractivity contribution in [1.82, 2.24) is 20.6 Å². The van der Waals surface area contributed by atoms with E-state index in [1.807, 2.05) is 0 Å². The summed E-state index contributed by atoms with van der Waals surface area (Å²) in [5.74, 6) is -0.962. The largest absolute Gasteiger partial charge is 0.386 e. The Morgan fingerprint density at radius 1 is 1.14 bits per heavy atom. The van der Waals surface area contributed by atoms with Crippen molar-refractivity contribution in [2.45, 2.75) is 6.04 Å². The van der Waals surface area contributed by atoms with Crippen LogP contribution in [0.3, 0.4) is 0 Å². The number of halogens is 1. The number of rotatable bonds is 6. The van der Waals surface area contributed by atoms with Gasteiger partial charge in [0, 0.05) is 18.9 Å². The van der Waals surface area contributed by atoms with Crippen LogP contribution in [-0.4, -0.2) is 40.2 Å². The summed E-state index contributed by atoms with van der Waals surface area (Å²) < 4.78 is 0. The van der Waals surface area contributed by atoms with Crippen molar-refractivity contribution in [2.24, 2.45) is 5.73 Å². The highest BCUT2D eigenvalue weighted by Crippen LogP contribution is 1.96. The van der Waals surface area contributed by atoms with Crippen LogP contribution in [0, 0.1) is 5.41 Å². The molecule has 22 heavy (non-hydrogen) atoms. The Balaban J connectivity index is 0.00000242. The van der Waals surface area contributed by atoms with Gasteiger partial charge in [-0.25, -0.2) is 0 Å². The lowest BCUT2D eigenvalue weighted by Crippen LogP contribution is -2.51. The first-order chi connectivity index (χ1) is 10.1. The molecule has 1 atom stereocenters. The fraction of sp³-hybridized carbons (Fsp3) is 0.154. The third-order valence-corrected chi connectivity index (χ3v) is 2.83. The predicted molar refractivity (Wildman–Crippen MR) is 84.3 cm³/mol. The molecule has 0 aromatic carbocycles. The van der Waals surface area contributed by atoms with E-state index >= 15 is 0 Å². The minimum atomic E-state index is -0.778. The Morgan fingerprint density at radius 2 is 1.68 bits per heavy atom. The van der Waals surface area contributed by atoms with E-state index in [1.165, 1.54) is 0 Å². The van der Waals surface area contributed by atoms with E-state index in [0.29, 0.717) is 11.4 Å². The molecule has 2 heterocycles. The summed E-state index contributed by atoms with van der Waals surface area (Å²) in [6, 6.07) is 5.83. The van der Waals surface area contributed by atoms with Gasteiger partial charge in [-0.05, 0) is 24.3 Å². The Morgan fingerprint density at radius 3 is 2.14 bits per heavy atom. The molecule has 0 radical (unpaired) electrons. The molecule has 0 saturated heterocycles. The summed E-state index contributed by atoms with van der Waals surface area (Å²) in [7, 11) is 0. The molecule has 0 spiro atoms. The molecular formula is C13H17ClN6O2. The molecule has 7 N–H and O–H groups in total. The molecule has 0 aliphatic rings. The lowest BCUT2D eigenvalue weighted by Gasteiger charge is -2.17. The van der Waals surface area contributed by atoms with Gasteiger partial charge in [0.05, 0.1) is 0 Å². The molecule has 0 fully saturated rings. The molecule has 2 amide bonds. The van der Waals surface area contributed by atoms with Crippen molar-refractivity contribution in [3.05, 3.63) is 48.0 Å². The van der Waals surface area contributed by atoms with Gasteiger partial charge in [-0.2, -0.15) is 0 Å². The van der Waals surface area contributed by atoms with Crippen LogP contribution in [0.25, 0.3) is 0 Å². The molecular weight excluding hydrogens is 308 g/mol. The monoisotopic (exact) mass is 324 g/mol. The normalized spacial score (nSPS) is 11.1. The first-order valence-corrected chi connectivity index (χ1v) is 6.27. The average Bonchev–Trinajstić information content (AvgIpc) is 3.14. The number of H-pyrrole nitrogens is 2. The molecule has 0 aliphatic heterocycles. The first-order valence-electron chi connectivity index (χ1n) is 6.27. The maximum atomic E-state index is 11.9. The fourth-order valence-electron chi connectivity index (χ4n) is 1.71. The molecule has 2 aromatic rings. The van der Waals surface area contributed by atoms with Crippen LogP contribution in [0.2, 0.25) is 0 Å². The van der Waals surface area contributed by atoms with E-state index < -0.39 is 11.9 Å². The van der Waals surface area contributed by atoms with E-state index in [4.69, 9.17) is 11.1 Å². The van der Waals surface area contributed by atoms with Crippen LogP contribution in [-0.2, 0) is 0 Å². The summed E-state index contributed by atoms with van der Waals surface area (Å²) in [6.45, 7) is 0.0274. The van der Waals surface area contributed by atoms with Gasteiger partial charge in [0.15, 0.2) is 0 Å². The number of aromatic nitrogens is 2. The SMILES string of the molecule is Cl.N=C(N)C(CNC(=O)c1ccc[nH]1)NC(=O)c1ccc[nH]1. The van der Waals surface area contributed by atoms with Gasteiger partial charge in [0.25, 0.3) is 11.8 Å². The third-order valence-electron chi connectivity index (χ3n) is 2.83. The van der Waals surface area contributed by atoms with Crippen LogP contribution in [0.5, 0.6) is 0 Å². The molecule has 118 valence electrons. The number of aromatic amines is 2. The number of nitrogens with one attached hydrogen (secondary N) is 5. The molecule has 8 nitrogen and oxygen atoms in total. The van der Waals surface area contributed by atoms with Crippen LogP contribution in [0.1, 0.15) is 21.0 Å². The zero-order chi connectivity index (χ0) is 15.2. The molecule has 2 rings (SSSR count). The number of nitrogens with two attached hydrogens (primary N) is 1. The summed E-state index contributed by atoms with van der Waals surface area (Å²) in [4.78, 5) is 29.2. The molecule has 0 saturated carbocycles. The minimum absolute atomic E-state index is 0. The lowest BCUT2D eigenvalue weighted by molar-refractivity contribution is 0.0915. The van der Waals surface area contributed by atoms with Gasteiger partial charge in [0.2, 0.25) is 0 Å². The van der Waals surface area contributed by atoms with E-state index in [2.05, 4.69) is 20.6 Å². The number of amides is 2. The highest BCUT2D eigenvalue weighted by Gasteiger charge is 2.18. The Labute approximate surface area is 132 Å². The fourth-order valence-corrected chi connectivity index (χ4v) is 1.71. The van der Waals surface area contributed by atoms with Crippen molar-refractivity contribution in [1.29, 1.82) is 5.41 Å². The van der Waals surface area contributed by atoms with Crippen LogP contribution in [0.15, 0.2) is 36.7 Å². The third kappa shape index (κ3) is 4.38. The smallest absolute Gasteiger partial charge is 0.268 e. The Hall–Kier alpha value is -2.74. The van der Waals surface area contributed by atoms with Crippen molar-refractivity contribution in [3.8, 4) is 0 Å². The standard InChI is InChI=1S/C13H16N6O2.ClH/c14-11(15)10(19-13(21)9-4-2-6-17-9)7-18-12(20)8-3-1-5-16-8;/h1-6,10,16-17H,7H2,(H3,14,15)(H,18,20)(H,19,21);1H. The van der Waals surface area contributed by atoms with E-state index in [0.717, 1.165) is 0 Å². The van der Waals surface area contributed by atoms with E-state index in [1.54, 1.807) is 36.7 Å². The van der Waals surface area contributed by atoms with Crippen molar-refractivity contribution < 1.29 is 9.59 Å². The maximum Gasteiger partial charge on any atom is 0.268 e. The first kappa shape index (κ1) is 17.3. The molecule has 1 unspecified atom stereocenters. The average molecular weight is 325 g/mol. The highest BCUT2D eigenvalue weighted by molar-refractivity contribution is 5.97. The van der Waals surface area contributed by atoms with Crippen molar-refractivity contribution >= 4 is 30.1 Å². The van der Waals surface area contributed by atoms with E-state index in [9.17, 15) is 9.59 Å². The van der Waals surface area contributed by atoms with Crippen molar-refractivity contribution in [3.63, 3.8) is 0 Å². The lowest BCUT2D eigenvalue weighted by atomic mass is 10.2. The molecule has 0 bridgehead atoms. The second kappa shape index (κ2) is 7.89. The summed E-state index contributed by atoms with van der Waals surface area (Å²) in [5, 5.41) is 12.7. The van der Waals surface area contributed by atoms with Crippen LogP contribution < -0.4 is 16.4 Å². The zero-order valence-electron chi connectivity index (χ0n) is 11.6. The van der Waals surface area contributed by atoms with Gasteiger partial charge in [-0.15, -0.1) is 12.4 Å². The number of hydrogen-bond donors (Lipinski definition) is 6. The van der Waals surface area contributed by atoms with Gasteiger partial charge >= 0.3 is 0 Å². The quantitative estimate of drug-likeness (QED) is 0.335. The van der Waals surface area contributed by atoms with E-state index in [-0.39, 0.29) is 30.7 Å². The van der Waals surface area contributed by atoms with Crippen LogP contribution in [0.4, 0.5) is 0 Å². The van der Waals surface area contributed by atoms with Gasteiger partial charge in [-0.3, -0.25) is 15.0 Å². The molecule has 2 aromatic heterocycles. The number of carbonyl (C=O) groups is 2. The second-order valence-electron chi connectivity index (χ2n) is 4.36. The van der Waals surface area contributed by atoms with Gasteiger partial charge in [-0.1, -0.05) is 0 Å². The van der Waals surface area contributed by atoms with Crippen molar-refractivity contribution in [2.75, 3.05) is 6.54 Å². The highest BCUT2D eigenvalue weighted by atomic mass is 35.5. The summed E-state index contributed by atoms with van der Waals surface area (Å²) in [5.41, 5.74) is 6.20. The number of carbonyl (C=O) groups excluding carboxylic acids is 2. The topological polar surface area (TPSA) is 140 Å².